The third-order valence-corrected chi connectivity index (χ3v) is 16.1. The highest BCUT2D eigenvalue weighted by Gasteiger charge is 2.54. The number of amides is 4. The number of alkyl carbamates (subject to hydrolysis) is 1. The third kappa shape index (κ3) is 8.81. The Morgan fingerprint density at radius 3 is 2.18 bits per heavy atom. The topological polar surface area (TPSA) is 186 Å². The van der Waals surface area contributed by atoms with Gasteiger partial charge in [-0.25, -0.2) is 19.2 Å². The zero-order valence-corrected chi connectivity index (χ0v) is 37.1. The molecule has 14 nitrogen and oxygen atoms in total. The van der Waals surface area contributed by atoms with E-state index in [1.807, 2.05) is 32.0 Å². The molecule has 324 valence electrons. The number of rotatable bonds is 11. The molecule has 2 saturated heterocycles. The minimum atomic E-state index is -4.84. The van der Waals surface area contributed by atoms with Crippen LogP contribution >= 0.6 is 0 Å². The number of imidazole rings is 2. The van der Waals surface area contributed by atoms with Gasteiger partial charge < -0.3 is 40.2 Å². The standard InChI is InChI=1S/C42H51F3N8O6Si2/c1-22(2)35(49-34(55)17-54)40(56)53-21-61(44,45)19-33(53)39-47-30-13-10-25-14-24(8-12-28(25)37(30)50-39)27-11-9-26(15-29(27)43)31-16-46-38(48-31)32-18-60(6,7)20-52(32)41(57)36(23(3)4)51-42(58)59-5/h8-16,22-23,32-33,35-36,54H,17-21H2,1-7H3,(H,46,48)(H,47,50)(H,49,55)(H,51,58)/t32-,33-,35-,36-/m0/s1. The number of aromatic amines is 2. The molecule has 2 fully saturated rings. The summed E-state index contributed by atoms with van der Waals surface area (Å²) in [5, 5.41) is 15.9. The number of fused-ring (bicyclic) bond motifs is 3. The van der Waals surface area contributed by atoms with Crippen molar-refractivity contribution < 1.29 is 41.6 Å². The second kappa shape index (κ2) is 16.7. The first-order valence-corrected chi connectivity index (χ1v) is 25.9. The van der Waals surface area contributed by atoms with Crippen molar-refractivity contribution in [2.75, 3.05) is 26.1 Å². The van der Waals surface area contributed by atoms with Gasteiger partial charge in [-0.3, -0.25) is 22.6 Å². The Balaban J connectivity index is 1.13. The molecule has 5 aromatic rings. The second-order valence-electron chi connectivity index (χ2n) is 17.6. The number of nitrogens with zero attached hydrogens (tertiary/aromatic N) is 4. The van der Waals surface area contributed by atoms with Crippen LogP contribution in [0.1, 0.15) is 51.4 Å². The zero-order chi connectivity index (χ0) is 44.1. The summed E-state index contributed by atoms with van der Waals surface area (Å²) >= 11 is 0. The van der Waals surface area contributed by atoms with E-state index in [1.54, 1.807) is 49.2 Å². The van der Waals surface area contributed by atoms with Crippen LogP contribution in [0.2, 0.25) is 25.2 Å². The van der Waals surface area contributed by atoms with Crippen molar-refractivity contribution in [3.63, 3.8) is 0 Å². The molecule has 0 unspecified atom stereocenters. The average Bonchev–Trinajstić information content (AvgIpc) is 4.01. The molecule has 4 amide bonds. The summed E-state index contributed by atoms with van der Waals surface area (Å²) in [7, 11) is -5.43. The van der Waals surface area contributed by atoms with Gasteiger partial charge >= 0.3 is 14.8 Å². The number of H-pyrrole nitrogens is 2. The molecule has 2 aliphatic heterocycles. The smallest absolute Gasteiger partial charge is 0.445 e. The van der Waals surface area contributed by atoms with Gasteiger partial charge in [0.05, 0.1) is 56.4 Å². The van der Waals surface area contributed by atoms with E-state index in [4.69, 9.17) is 4.74 Å². The fourth-order valence-corrected chi connectivity index (χ4v) is 13.4. The predicted octanol–water partition coefficient (Wildman–Crippen LogP) is 6.36. The van der Waals surface area contributed by atoms with Gasteiger partial charge in [0.25, 0.3) is 0 Å². The molecule has 0 spiro atoms. The van der Waals surface area contributed by atoms with Crippen molar-refractivity contribution in [2.45, 2.75) is 77.0 Å². The number of nitrogens with one attached hydrogen (secondary N) is 4. The minimum Gasteiger partial charge on any atom is -0.453 e. The summed E-state index contributed by atoms with van der Waals surface area (Å²) < 4.78 is 51.0. The van der Waals surface area contributed by atoms with Crippen LogP contribution in [0.25, 0.3) is 44.2 Å². The Morgan fingerprint density at radius 2 is 1.52 bits per heavy atom. The number of hydrogen-bond acceptors (Lipinski definition) is 8. The van der Waals surface area contributed by atoms with Gasteiger partial charge in [-0.15, -0.1) is 0 Å². The predicted molar refractivity (Wildman–Crippen MR) is 229 cm³/mol. The average molecular weight is 877 g/mol. The van der Waals surface area contributed by atoms with Crippen LogP contribution in [0.5, 0.6) is 0 Å². The number of aliphatic hydroxyl groups excluding tert-OH is 1. The number of carbonyl (C=O) groups excluding carboxylic acids is 4. The Morgan fingerprint density at radius 1 is 0.869 bits per heavy atom. The van der Waals surface area contributed by atoms with Gasteiger partial charge in [0.2, 0.25) is 17.7 Å². The van der Waals surface area contributed by atoms with E-state index in [-0.39, 0.29) is 23.7 Å². The largest absolute Gasteiger partial charge is 0.453 e. The summed E-state index contributed by atoms with van der Waals surface area (Å²) in [6, 6.07) is 10.9. The second-order valence-corrected chi connectivity index (χ2v) is 25.1. The lowest BCUT2D eigenvalue weighted by Gasteiger charge is -2.30. The van der Waals surface area contributed by atoms with Gasteiger partial charge in [-0.1, -0.05) is 71.1 Å². The quantitative estimate of drug-likeness (QED) is 0.0750. The lowest BCUT2D eigenvalue weighted by atomic mass is 9.98. The van der Waals surface area contributed by atoms with E-state index >= 15 is 12.6 Å². The van der Waals surface area contributed by atoms with E-state index in [9.17, 15) is 24.3 Å². The number of aliphatic hydroxyl groups is 1. The first-order valence-electron chi connectivity index (χ1n) is 20.3. The highest BCUT2D eigenvalue weighted by Crippen LogP contribution is 2.41. The lowest BCUT2D eigenvalue weighted by Crippen LogP contribution is -2.52. The maximum Gasteiger partial charge on any atom is 0.445 e. The number of methoxy groups -OCH3 is 1. The highest BCUT2D eigenvalue weighted by atomic mass is 28.4. The number of benzene rings is 3. The summed E-state index contributed by atoms with van der Waals surface area (Å²) in [6.45, 7) is 10.7. The van der Waals surface area contributed by atoms with Crippen molar-refractivity contribution in [2.24, 2.45) is 11.8 Å². The lowest BCUT2D eigenvalue weighted by molar-refractivity contribution is -0.139. The Bertz CT molecular complexity index is 2510. The molecule has 19 heteroatoms. The van der Waals surface area contributed by atoms with Gasteiger partial charge in [-0.2, -0.15) is 0 Å². The Kier molecular flexibility index (Phi) is 11.9. The molecule has 0 aliphatic carbocycles. The van der Waals surface area contributed by atoms with Crippen molar-refractivity contribution in [3.8, 4) is 22.4 Å². The van der Waals surface area contributed by atoms with Crippen LogP contribution < -0.4 is 10.6 Å². The molecular weight excluding hydrogens is 826 g/mol. The number of aromatic nitrogens is 4. The SMILES string of the molecule is COC(=O)N[C@H](C(=O)N1C[Si](C)(C)C[C@H]1c1ncc(-c2ccc(-c3ccc4c(ccc5nc([C@@H]6C[Si](F)(F)CN6C(=O)[C@@H](NC(=O)CO)C(C)C)[nH]c54)c3)c(F)c2)[nH]1)C(C)C. The maximum atomic E-state index is 16.0. The van der Waals surface area contributed by atoms with E-state index in [1.165, 1.54) is 13.2 Å². The summed E-state index contributed by atoms with van der Waals surface area (Å²) in [4.78, 5) is 70.3. The molecule has 2 aliphatic rings. The summed E-state index contributed by atoms with van der Waals surface area (Å²) in [5.74, 6) is -1.92. The van der Waals surface area contributed by atoms with Crippen LogP contribution in [0.3, 0.4) is 0 Å². The van der Waals surface area contributed by atoms with Crippen molar-refractivity contribution in [1.29, 1.82) is 0 Å². The Hall–Kier alpha value is -5.54. The first kappa shape index (κ1) is 43.5. The van der Waals surface area contributed by atoms with E-state index in [2.05, 4.69) is 43.7 Å². The molecule has 7 rings (SSSR count). The summed E-state index contributed by atoms with van der Waals surface area (Å²) in [6.07, 6.45) is 0.837. The highest BCUT2D eigenvalue weighted by molar-refractivity contribution is 6.78. The van der Waals surface area contributed by atoms with Gasteiger partial charge in [-0.05, 0) is 47.0 Å². The molecule has 0 bridgehead atoms. The van der Waals surface area contributed by atoms with Crippen molar-refractivity contribution in [1.82, 2.24) is 40.4 Å². The molecule has 4 heterocycles. The van der Waals surface area contributed by atoms with Crippen LogP contribution in [-0.4, -0.2) is 114 Å². The summed E-state index contributed by atoms with van der Waals surface area (Å²) in [5.41, 5.74) is 3.20. The fraction of sp³-hybridized carbons (Fsp3) is 0.429. The number of carbonyl (C=O) groups is 4. The molecule has 61 heavy (non-hydrogen) atoms. The number of ether oxygens (including phenoxy) is 1. The molecule has 3 aromatic carbocycles. The fourth-order valence-electron chi connectivity index (χ4n) is 8.55. The molecule has 0 saturated carbocycles. The van der Waals surface area contributed by atoms with E-state index in [0.29, 0.717) is 45.4 Å². The van der Waals surface area contributed by atoms with Gasteiger partial charge in [0.15, 0.2) is 0 Å². The van der Waals surface area contributed by atoms with Crippen LogP contribution in [0.4, 0.5) is 17.4 Å². The molecule has 2 aromatic heterocycles. The van der Waals surface area contributed by atoms with Crippen LogP contribution in [0, 0.1) is 17.7 Å². The number of hydrogen-bond donors (Lipinski definition) is 5. The minimum absolute atomic E-state index is 0.181. The van der Waals surface area contributed by atoms with E-state index < -0.39 is 83.4 Å². The monoisotopic (exact) mass is 876 g/mol. The zero-order valence-electron chi connectivity index (χ0n) is 35.1. The van der Waals surface area contributed by atoms with Crippen molar-refractivity contribution in [3.05, 3.63) is 72.2 Å². The normalized spacial score (nSPS) is 19.5. The Labute approximate surface area is 353 Å². The molecule has 0 radical (unpaired) electrons. The number of halogens is 3. The molecular formula is C42H51F3N8O6Si2. The van der Waals surface area contributed by atoms with Crippen molar-refractivity contribution >= 4 is 62.4 Å². The van der Waals surface area contributed by atoms with E-state index in [0.717, 1.165) is 21.7 Å². The third-order valence-electron chi connectivity index (χ3n) is 11.7. The molecule has 4 atom stereocenters. The van der Waals surface area contributed by atoms with Gasteiger partial charge in [0.1, 0.15) is 36.2 Å². The van der Waals surface area contributed by atoms with Crippen LogP contribution in [-0.2, 0) is 19.1 Å². The van der Waals surface area contributed by atoms with Crippen LogP contribution in [0.15, 0.2) is 54.7 Å². The maximum absolute atomic E-state index is 16.0. The molecule has 5 N–H and O–H groups in total. The first-order chi connectivity index (χ1) is 28.8. The van der Waals surface area contributed by atoms with Gasteiger partial charge in [0, 0.05) is 28.7 Å².